The zero-order valence-electron chi connectivity index (χ0n) is 9.45. The van der Waals surface area contributed by atoms with Crippen molar-refractivity contribution in [3.05, 3.63) is 63.6 Å². The third-order valence-electron chi connectivity index (χ3n) is 2.48. The molecular formula is C14H10Cl2N2. The Morgan fingerprint density at radius 2 is 1.94 bits per heavy atom. The number of nitriles is 1. The standard InChI is InChI=1S/C14H10Cl2N2/c15-12-3-1-2-10(6-12)9-18-13-5-4-11(8-17)14(16)7-13/h1-7,18H,9H2. The van der Waals surface area contributed by atoms with Crippen molar-refractivity contribution in [2.24, 2.45) is 0 Å². The van der Waals surface area contributed by atoms with Crippen molar-refractivity contribution in [2.45, 2.75) is 6.54 Å². The van der Waals surface area contributed by atoms with Crippen LogP contribution < -0.4 is 5.32 Å². The van der Waals surface area contributed by atoms with Crippen molar-refractivity contribution in [2.75, 3.05) is 5.32 Å². The fraction of sp³-hybridized carbons (Fsp3) is 0.0714. The molecule has 2 aromatic rings. The fourth-order valence-corrected chi connectivity index (χ4v) is 2.00. The summed E-state index contributed by atoms with van der Waals surface area (Å²) >= 11 is 11.9. The van der Waals surface area contributed by atoms with Crippen LogP contribution in [0.2, 0.25) is 10.0 Å². The summed E-state index contributed by atoms with van der Waals surface area (Å²) in [5.74, 6) is 0. The van der Waals surface area contributed by atoms with E-state index in [9.17, 15) is 0 Å². The van der Waals surface area contributed by atoms with E-state index in [-0.39, 0.29) is 0 Å². The van der Waals surface area contributed by atoms with E-state index in [2.05, 4.69) is 5.32 Å². The van der Waals surface area contributed by atoms with Gasteiger partial charge in [0, 0.05) is 17.3 Å². The van der Waals surface area contributed by atoms with E-state index in [1.807, 2.05) is 36.4 Å². The number of halogens is 2. The molecule has 0 saturated heterocycles. The van der Waals surface area contributed by atoms with Gasteiger partial charge in [0.2, 0.25) is 0 Å². The van der Waals surface area contributed by atoms with Gasteiger partial charge in [-0.3, -0.25) is 0 Å². The second-order valence-corrected chi connectivity index (χ2v) is 4.63. The molecule has 0 fully saturated rings. The van der Waals surface area contributed by atoms with E-state index in [1.165, 1.54) is 0 Å². The normalized spacial score (nSPS) is 9.83. The van der Waals surface area contributed by atoms with Gasteiger partial charge in [-0.1, -0.05) is 35.3 Å². The molecule has 0 aromatic heterocycles. The first-order valence-electron chi connectivity index (χ1n) is 5.37. The highest BCUT2D eigenvalue weighted by Gasteiger charge is 2.01. The maximum absolute atomic E-state index is 8.78. The zero-order valence-corrected chi connectivity index (χ0v) is 11.0. The number of anilines is 1. The van der Waals surface area contributed by atoms with E-state index < -0.39 is 0 Å². The number of hydrogen-bond acceptors (Lipinski definition) is 2. The predicted molar refractivity (Wildman–Crippen MR) is 74.9 cm³/mol. The lowest BCUT2D eigenvalue weighted by atomic mass is 10.2. The zero-order chi connectivity index (χ0) is 13.0. The van der Waals surface area contributed by atoms with Crippen LogP contribution >= 0.6 is 23.2 Å². The third kappa shape index (κ3) is 3.16. The molecule has 0 saturated carbocycles. The summed E-state index contributed by atoms with van der Waals surface area (Å²) in [6.07, 6.45) is 0. The number of nitrogens with zero attached hydrogens (tertiary/aromatic N) is 1. The summed E-state index contributed by atoms with van der Waals surface area (Å²) in [4.78, 5) is 0. The molecule has 1 N–H and O–H groups in total. The van der Waals surface area contributed by atoms with Crippen molar-refractivity contribution >= 4 is 28.9 Å². The number of hydrogen-bond donors (Lipinski definition) is 1. The highest BCUT2D eigenvalue weighted by molar-refractivity contribution is 6.32. The molecule has 0 aliphatic rings. The monoisotopic (exact) mass is 276 g/mol. The molecule has 90 valence electrons. The minimum Gasteiger partial charge on any atom is -0.381 e. The molecule has 0 spiro atoms. The van der Waals surface area contributed by atoms with Crippen LogP contribution in [0, 0.1) is 11.3 Å². The quantitative estimate of drug-likeness (QED) is 0.898. The van der Waals surface area contributed by atoms with E-state index in [0.29, 0.717) is 22.2 Å². The molecule has 2 nitrogen and oxygen atoms in total. The molecule has 2 aromatic carbocycles. The van der Waals surface area contributed by atoms with E-state index in [0.717, 1.165) is 11.3 Å². The van der Waals surface area contributed by atoms with Crippen molar-refractivity contribution in [3.8, 4) is 6.07 Å². The third-order valence-corrected chi connectivity index (χ3v) is 3.02. The van der Waals surface area contributed by atoms with Crippen LogP contribution in [0.25, 0.3) is 0 Å². The molecule has 0 heterocycles. The van der Waals surface area contributed by atoms with Crippen molar-refractivity contribution in [3.63, 3.8) is 0 Å². The Bertz CT molecular complexity index is 603. The van der Waals surface area contributed by atoms with Gasteiger partial charge in [0.1, 0.15) is 6.07 Å². The van der Waals surface area contributed by atoms with Gasteiger partial charge in [0.05, 0.1) is 10.6 Å². The topological polar surface area (TPSA) is 35.8 Å². The maximum atomic E-state index is 8.78. The lowest BCUT2D eigenvalue weighted by Gasteiger charge is -2.07. The Morgan fingerprint density at radius 3 is 2.61 bits per heavy atom. The summed E-state index contributed by atoms with van der Waals surface area (Å²) in [6.45, 7) is 0.656. The van der Waals surface area contributed by atoms with Gasteiger partial charge < -0.3 is 5.32 Å². The summed E-state index contributed by atoms with van der Waals surface area (Å²) in [7, 11) is 0. The Morgan fingerprint density at radius 1 is 1.11 bits per heavy atom. The highest BCUT2D eigenvalue weighted by Crippen LogP contribution is 2.21. The molecule has 0 amide bonds. The lowest BCUT2D eigenvalue weighted by molar-refractivity contribution is 1.15. The Labute approximate surface area is 116 Å². The Kier molecular flexibility index (Phi) is 4.09. The molecular weight excluding hydrogens is 267 g/mol. The van der Waals surface area contributed by atoms with Gasteiger partial charge in [0.25, 0.3) is 0 Å². The van der Waals surface area contributed by atoms with Gasteiger partial charge in [-0.05, 0) is 35.9 Å². The van der Waals surface area contributed by atoms with Crippen LogP contribution in [0.15, 0.2) is 42.5 Å². The van der Waals surface area contributed by atoms with E-state index >= 15 is 0 Å². The molecule has 0 bridgehead atoms. The number of rotatable bonds is 3. The molecule has 0 aliphatic heterocycles. The molecule has 18 heavy (non-hydrogen) atoms. The molecule has 0 aliphatic carbocycles. The second-order valence-electron chi connectivity index (χ2n) is 3.79. The Hall–Kier alpha value is -1.69. The van der Waals surface area contributed by atoms with Crippen LogP contribution in [0.4, 0.5) is 5.69 Å². The average molecular weight is 277 g/mol. The minimum atomic E-state index is 0.452. The average Bonchev–Trinajstić information content (AvgIpc) is 2.37. The SMILES string of the molecule is N#Cc1ccc(NCc2cccc(Cl)c2)cc1Cl. The maximum Gasteiger partial charge on any atom is 0.101 e. The van der Waals surface area contributed by atoms with Gasteiger partial charge in [0.15, 0.2) is 0 Å². The van der Waals surface area contributed by atoms with Crippen molar-refractivity contribution < 1.29 is 0 Å². The van der Waals surface area contributed by atoms with E-state index in [1.54, 1.807) is 12.1 Å². The lowest BCUT2D eigenvalue weighted by Crippen LogP contribution is -1.99. The van der Waals surface area contributed by atoms with Crippen LogP contribution in [-0.2, 0) is 6.54 Å². The fourth-order valence-electron chi connectivity index (χ4n) is 1.57. The van der Waals surface area contributed by atoms with Crippen molar-refractivity contribution in [1.82, 2.24) is 0 Å². The van der Waals surface area contributed by atoms with Gasteiger partial charge in [-0.25, -0.2) is 0 Å². The van der Waals surface area contributed by atoms with Crippen molar-refractivity contribution in [1.29, 1.82) is 5.26 Å². The molecule has 0 unspecified atom stereocenters. The predicted octanol–water partition coefficient (Wildman–Crippen LogP) is 4.48. The van der Waals surface area contributed by atoms with Gasteiger partial charge in [-0.2, -0.15) is 5.26 Å². The Balaban J connectivity index is 2.07. The minimum absolute atomic E-state index is 0.452. The first-order valence-corrected chi connectivity index (χ1v) is 6.12. The molecule has 2 rings (SSSR count). The summed E-state index contributed by atoms with van der Waals surface area (Å²) in [5, 5.41) is 13.2. The molecule has 0 radical (unpaired) electrons. The first kappa shape index (κ1) is 12.8. The molecule has 4 heteroatoms. The van der Waals surface area contributed by atoms with Crippen LogP contribution in [0.5, 0.6) is 0 Å². The van der Waals surface area contributed by atoms with E-state index in [4.69, 9.17) is 28.5 Å². The molecule has 0 atom stereocenters. The van der Waals surface area contributed by atoms with Gasteiger partial charge >= 0.3 is 0 Å². The summed E-state index contributed by atoms with van der Waals surface area (Å²) in [5.41, 5.74) is 2.44. The number of benzene rings is 2. The van der Waals surface area contributed by atoms with Gasteiger partial charge in [-0.15, -0.1) is 0 Å². The smallest absolute Gasteiger partial charge is 0.101 e. The van der Waals surface area contributed by atoms with Crippen LogP contribution in [0.3, 0.4) is 0 Å². The highest BCUT2D eigenvalue weighted by atomic mass is 35.5. The largest absolute Gasteiger partial charge is 0.381 e. The summed E-state index contributed by atoms with van der Waals surface area (Å²) in [6, 6.07) is 14.9. The number of nitrogens with one attached hydrogen (secondary N) is 1. The van der Waals surface area contributed by atoms with Crippen LogP contribution in [0.1, 0.15) is 11.1 Å². The second kappa shape index (κ2) is 5.77. The first-order chi connectivity index (χ1) is 8.69. The van der Waals surface area contributed by atoms with Crippen LogP contribution in [-0.4, -0.2) is 0 Å². The summed E-state index contributed by atoms with van der Waals surface area (Å²) < 4.78 is 0.